The standard InChI is InChI=1S/C23H27N5O/c1-5-28(6-2)20-14-12-18(13-15-20)25-23-24-17(3)16-21(26-23)22(29)27(4)19-10-8-7-9-11-19/h7-16H,5-6H2,1-4H3,(H,24,25,26). The summed E-state index contributed by atoms with van der Waals surface area (Å²) in [6.45, 7) is 8.06. The molecule has 0 atom stereocenters. The van der Waals surface area contributed by atoms with Crippen LogP contribution in [-0.2, 0) is 0 Å². The van der Waals surface area contributed by atoms with Crippen LogP contribution in [0.3, 0.4) is 0 Å². The van der Waals surface area contributed by atoms with Gasteiger partial charge in [0.15, 0.2) is 0 Å². The van der Waals surface area contributed by atoms with Crippen molar-refractivity contribution in [2.45, 2.75) is 20.8 Å². The summed E-state index contributed by atoms with van der Waals surface area (Å²) in [5, 5.41) is 3.21. The van der Waals surface area contributed by atoms with Crippen molar-refractivity contribution in [1.82, 2.24) is 9.97 Å². The molecule has 0 aliphatic rings. The van der Waals surface area contributed by atoms with E-state index in [1.165, 1.54) is 5.69 Å². The average Bonchev–Trinajstić information content (AvgIpc) is 2.75. The van der Waals surface area contributed by atoms with E-state index in [0.29, 0.717) is 11.6 Å². The van der Waals surface area contributed by atoms with Crippen molar-refractivity contribution in [3.63, 3.8) is 0 Å². The van der Waals surface area contributed by atoms with Crippen LogP contribution in [0, 0.1) is 6.92 Å². The minimum Gasteiger partial charge on any atom is -0.372 e. The first kappa shape index (κ1) is 20.3. The number of amides is 1. The summed E-state index contributed by atoms with van der Waals surface area (Å²) in [5.74, 6) is 0.229. The van der Waals surface area contributed by atoms with E-state index >= 15 is 0 Å². The predicted octanol–water partition coefficient (Wildman–Crippen LogP) is 4.65. The summed E-state index contributed by atoms with van der Waals surface area (Å²) < 4.78 is 0. The number of aromatic nitrogens is 2. The maximum Gasteiger partial charge on any atom is 0.276 e. The lowest BCUT2D eigenvalue weighted by atomic mass is 10.2. The second-order valence-electron chi connectivity index (χ2n) is 6.76. The van der Waals surface area contributed by atoms with Crippen LogP contribution in [0.15, 0.2) is 60.7 Å². The van der Waals surface area contributed by atoms with Gasteiger partial charge in [-0.1, -0.05) is 18.2 Å². The number of para-hydroxylation sites is 1. The van der Waals surface area contributed by atoms with Gasteiger partial charge in [0.05, 0.1) is 0 Å². The molecule has 0 aliphatic heterocycles. The zero-order chi connectivity index (χ0) is 20.8. The Kier molecular flexibility index (Phi) is 6.44. The van der Waals surface area contributed by atoms with E-state index in [-0.39, 0.29) is 5.91 Å². The largest absolute Gasteiger partial charge is 0.372 e. The molecule has 1 N–H and O–H groups in total. The highest BCUT2D eigenvalue weighted by Crippen LogP contribution is 2.21. The van der Waals surface area contributed by atoms with E-state index < -0.39 is 0 Å². The Labute approximate surface area is 172 Å². The number of hydrogen-bond donors (Lipinski definition) is 1. The van der Waals surface area contributed by atoms with Gasteiger partial charge >= 0.3 is 0 Å². The van der Waals surface area contributed by atoms with E-state index in [4.69, 9.17) is 0 Å². The molecule has 150 valence electrons. The van der Waals surface area contributed by atoms with Crippen molar-refractivity contribution >= 4 is 28.9 Å². The highest BCUT2D eigenvalue weighted by molar-refractivity contribution is 6.04. The average molecular weight is 390 g/mol. The van der Waals surface area contributed by atoms with Gasteiger partial charge in [0.1, 0.15) is 5.69 Å². The quantitative estimate of drug-likeness (QED) is 0.637. The molecule has 6 nitrogen and oxygen atoms in total. The molecule has 6 heteroatoms. The van der Waals surface area contributed by atoms with Crippen molar-refractivity contribution in [3.8, 4) is 0 Å². The molecule has 1 amide bonds. The molecule has 0 aliphatic carbocycles. The molecule has 2 aromatic carbocycles. The fourth-order valence-corrected chi connectivity index (χ4v) is 3.15. The fourth-order valence-electron chi connectivity index (χ4n) is 3.15. The van der Waals surface area contributed by atoms with Crippen molar-refractivity contribution in [1.29, 1.82) is 0 Å². The number of nitrogens with zero attached hydrogens (tertiary/aromatic N) is 4. The van der Waals surface area contributed by atoms with Gasteiger partial charge in [0.25, 0.3) is 5.91 Å². The summed E-state index contributed by atoms with van der Waals surface area (Å²) in [6.07, 6.45) is 0. The van der Waals surface area contributed by atoms with Gasteiger partial charge in [-0.3, -0.25) is 4.79 Å². The number of hydrogen-bond acceptors (Lipinski definition) is 5. The van der Waals surface area contributed by atoms with Crippen molar-refractivity contribution in [2.24, 2.45) is 0 Å². The van der Waals surface area contributed by atoms with Gasteiger partial charge in [0, 0.05) is 42.9 Å². The molecular formula is C23H27N5O. The number of carbonyl (C=O) groups excluding carboxylic acids is 1. The monoisotopic (exact) mass is 389 g/mol. The third-order valence-electron chi connectivity index (χ3n) is 4.77. The van der Waals surface area contributed by atoms with Crippen LogP contribution in [0.2, 0.25) is 0 Å². The van der Waals surface area contributed by atoms with E-state index in [0.717, 1.165) is 30.2 Å². The Balaban J connectivity index is 1.79. The molecule has 1 aromatic heterocycles. The number of rotatable bonds is 7. The lowest BCUT2D eigenvalue weighted by Gasteiger charge is -2.21. The maximum atomic E-state index is 12.9. The number of nitrogens with one attached hydrogen (secondary N) is 1. The zero-order valence-corrected chi connectivity index (χ0v) is 17.4. The van der Waals surface area contributed by atoms with Gasteiger partial charge in [-0.05, 0) is 63.2 Å². The Hall–Kier alpha value is -3.41. The van der Waals surface area contributed by atoms with E-state index in [1.54, 1.807) is 18.0 Å². The summed E-state index contributed by atoms with van der Waals surface area (Å²) in [7, 11) is 1.74. The smallest absolute Gasteiger partial charge is 0.276 e. The Morgan fingerprint density at radius 2 is 1.59 bits per heavy atom. The minimum atomic E-state index is -0.179. The molecule has 0 bridgehead atoms. The molecule has 0 spiro atoms. The topological polar surface area (TPSA) is 61.4 Å². The molecule has 29 heavy (non-hydrogen) atoms. The van der Waals surface area contributed by atoms with Gasteiger partial charge in [-0.2, -0.15) is 0 Å². The third kappa shape index (κ3) is 4.90. The van der Waals surface area contributed by atoms with E-state index in [1.807, 2.05) is 49.4 Å². The SMILES string of the molecule is CCN(CC)c1ccc(Nc2nc(C)cc(C(=O)N(C)c3ccccc3)n2)cc1. The minimum absolute atomic E-state index is 0.179. The summed E-state index contributed by atoms with van der Waals surface area (Å²) in [4.78, 5) is 25.6. The molecule has 0 saturated heterocycles. The zero-order valence-electron chi connectivity index (χ0n) is 17.4. The van der Waals surface area contributed by atoms with Gasteiger partial charge < -0.3 is 15.1 Å². The van der Waals surface area contributed by atoms with E-state index in [9.17, 15) is 4.79 Å². The molecule has 0 saturated carbocycles. The fraction of sp³-hybridized carbons (Fsp3) is 0.261. The second kappa shape index (κ2) is 9.19. The van der Waals surface area contributed by atoms with Crippen molar-refractivity contribution < 1.29 is 4.79 Å². The molecular weight excluding hydrogens is 362 g/mol. The Morgan fingerprint density at radius 3 is 2.21 bits per heavy atom. The van der Waals surface area contributed by atoms with Crippen LogP contribution < -0.4 is 15.1 Å². The van der Waals surface area contributed by atoms with Gasteiger partial charge in [-0.25, -0.2) is 9.97 Å². The van der Waals surface area contributed by atoms with Crippen molar-refractivity contribution in [3.05, 3.63) is 72.1 Å². The highest BCUT2D eigenvalue weighted by atomic mass is 16.2. The highest BCUT2D eigenvalue weighted by Gasteiger charge is 2.16. The first-order chi connectivity index (χ1) is 14.0. The molecule has 0 radical (unpaired) electrons. The maximum absolute atomic E-state index is 12.9. The lowest BCUT2D eigenvalue weighted by molar-refractivity contribution is 0.0988. The van der Waals surface area contributed by atoms with Gasteiger partial charge in [0.2, 0.25) is 5.95 Å². The Morgan fingerprint density at radius 1 is 0.931 bits per heavy atom. The first-order valence-corrected chi connectivity index (χ1v) is 9.82. The van der Waals surface area contributed by atoms with Crippen LogP contribution in [0.4, 0.5) is 23.0 Å². The number of aryl methyl sites for hydroxylation is 1. The third-order valence-corrected chi connectivity index (χ3v) is 4.77. The Bertz CT molecular complexity index is 953. The van der Waals surface area contributed by atoms with Crippen LogP contribution in [0.25, 0.3) is 0 Å². The first-order valence-electron chi connectivity index (χ1n) is 9.82. The lowest BCUT2D eigenvalue weighted by Crippen LogP contribution is -2.27. The molecule has 0 fully saturated rings. The molecule has 3 aromatic rings. The van der Waals surface area contributed by atoms with Crippen LogP contribution in [-0.4, -0.2) is 36.0 Å². The molecule has 0 unspecified atom stereocenters. The molecule has 1 heterocycles. The van der Waals surface area contributed by atoms with E-state index in [2.05, 4.69) is 46.2 Å². The normalized spacial score (nSPS) is 10.5. The second-order valence-corrected chi connectivity index (χ2v) is 6.76. The number of carbonyl (C=O) groups is 1. The van der Waals surface area contributed by atoms with Crippen LogP contribution in [0.5, 0.6) is 0 Å². The number of anilines is 4. The van der Waals surface area contributed by atoms with Crippen molar-refractivity contribution in [2.75, 3.05) is 35.3 Å². The predicted molar refractivity (Wildman–Crippen MR) is 119 cm³/mol. The molecule has 3 rings (SSSR count). The van der Waals surface area contributed by atoms with Crippen LogP contribution in [0.1, 0.15) is 30.0 Å². The summed E-state index contributed by atoms with van der Waals surface area (Å²) in [5.41, 5.74) is 3.95. The number of benzene rings is 2. The summed E-state index contributed by atoms with van der Waals surface area (Å²) in [6, 6.07) is 19.3. The van der Waals surface area contributed by atoms with Gasteiger partial charge in [-0.15, -0.1) is 0 Å². The van der Waals surface area contributed by atoms with Crippen LogP contribution >= 0.6 is 0 Å². The summed E-state index contributed by atoms with van der Waals surface area (Å²) >= 11 is 0.